The first kappa shape index (κ1) is 8.48. The van der Waals surface area contributed by atoms with Crippen molar-refractivity contribution in [2.75, 3.05) is 5.43 Å². The third-order valence-electron chi connectivity index (χ3n) is 1.50. The van der Waals surface area contributed by atoms with Gasteiger partial charge in [-0.15, -0.1) is 0 Å². The van der Waals surface area contributed by atoms with Gasteiger partial charge in [0.05, 0.1) is 12.2 Å². The van der Waals surface area contributed by atoms with Crippen molar-refractivity contribution in [1.82, 2.24) is 0 Å². The number of nitrogens with one attached hydrogen (secondary N) is 1. The number of anilines is 1. The van der Waals surface area contributed by atoms with Crippen LogP contribution in [-0.4, -0.2) is 0 Å². The molecule has 5 N–H and O–H groups in total. The summed E-state index contributed by atoms with van der Waals surface area (Å²) in [5.74, 6) is 10.1. The van der Waals surface area contributed by atoms with Crippen LogP contribution in [0.1, 0.15) is 5.56 Å². The van der Waals surface area contributed by atoms with Crippen LogP contribution in [0.2, 0.25) is 0 Å². The molecule has 0 unspecified atom stereocenters. The number of para-hydroxylation sites is 1. The average molecular weight is 165 g/mol. The summed E-state index contributed by atoms with van der Waals surface area (Å²) in [4.78, 5) is 0. The molecule has 64 valence electrons. The van der Waals surface area contributed by atoms with Gasteiger partial charge >= 0.3 is 0 Å². The monoisotopic (exact) mass is 165 g/mol. The first-order valence-electron chi connectivity index (χ1n) is 3.49. The molecule has 0 spiro atoms. The molecule has 0 amide bonds. The summed E-state index contributed by atoms with van der Waals surface area (Å²) in [6, 6.07) is 7.56. The fourth-order valence-electron chi connectivity index (χ4n) is 0.916. The number of nitrogens with zero attached hydrogens (tertiary/aromatic N) is 2. The molecule has 0 bridgehead atoms. The van der Waals surface area contributed by atoms with Gasteiger partial charge in [-0.25, -0.2) is 0 Å². The standard InChI is InChI=1S/C7H11N5/c8-11-7-4-2-1-3-6(7)5-10-12-9/h1-4,11H,5,8H2,(H2,9,10). The Kier molecular flexibility index (Phi) is 3.04. The Morgan fingerprint density at radius 3 is 2.75 bits per heavy atom. The topological polar surface area (TPSA) is 88.8 Å². The molecular weight excluding hydrogens is 154 g/mol. The number of hydrogen-bond acceptors (Lipinski definition) is 4. The molecule has 0 aliphatic heterocycles. The van der Waals surface area contributed by atoms with E-state index < -0.39 is 0 Å². The molecule has 0 heterocycles. The second-order valence-electron chi connectivity index (χ2n) is 2.22. The van der Waals surface area contributed by atoms with Crippen molar-refractivity contribution in [2.45, 2.75) is 6.54 Å². The SMILES string of the molecule is NN=NCc1ccccc1NN. The molecule has 0 aromatic heterocycles. The number of benzene rings is 1. The fourth-order valence-corrected chi connectivity index (χ4v) is 0.916. The van der Waals surface area contributed by atoms with E-state index in [0.717, 1.165) is 11.3 Å². The zero-order valence-electron chi connectivity index (χ0n) is 6.57. The number of hydrazine groups is 1. The first-order chi connectivity index (χ1) is 5.88. The van der Waals surface area contributed by atoms with Crippen LogP contribution >= 0.6 is 0 Å². The Morgan fingerprint density at radius 1 is 1.33 bits per heavy atom. The lowest BCUT2D eigenvalue weighted by molar-refractivity contribution is 0.893. The molecule has 0 saturated heterocycles. The maximum absolute atomic E-state index is 5.27. The van der Waals surface area contributed by atoms with Crippen molar-refractivity contribution in [3.63, 3.8) is 0 Å². The summed E-state index contributed by atoms with van der Waals surface area (Å²) in [5.41, 5.74) is 4.37. The molecule has 5 nitrogen and oxygen atoms in total. The molecule has 5 heteroatoms. The van der Waals surface area contributed by atoms with E-state index in [0.29, 0.717) is 6.54 Å². The molecule has 0 aliphatic carbocycles. The van der Waals surface area contributed by atoms with Gasteiger partial charge in [-0.05, 0) is 11.6 Å². The zero-order chi connectivity index (χ0) is 8.81. The molecule has 1 rings (SSSR count). The Morgan fingerprint density at radius 2 is 2.08 bits per heavy atom. The molecule has 12 heavy (non-hydrogen) atoms. The Labute approximate surface area is 70.4 Å². The van der Waals surface area contributed by atoms with Gasteiger partial charge in [-0.1, -0.05) is 23.4 Å². The molecular formula is C7H11N5. The Bertz CT molecular complexity index is 270. The van der Waals surface area contributed by atoms with E-state index in [4.69, 9.17) is 11.7 Å². The second kappa shape index (κ2) is 4.30. The second-order valence-corrected chi connectivity index (χ2v) is 2.22. The predicted octanol–water partition coefficient (Wildman–Crippen LogP) is 0.798. The van der Waals surface area contributed by atoms with Crippen molar-refractivity contribution >= 4 is 5.69 Å². The van der Waals surface area contributed by atoms with Crippen molar-refractivity contribution in [1.29, 1.82) is 0 Å². The number of nitrogen functional groups attached to an aromatic ring is 1. The summed E-state index contributed by atoms with van der Waals surface area (Å²) >= 11 is 0. The Balaban J connectivity index is 2.81. The summed E-state index contributed by atoms with van der Waals surface area (Å²) in [6.45, 7) is 0.441. The van der Waals surface area contributed by atoms with Gasteiger partial charge in [0, 0.05) is 0 Å². The van der Waals surface area contributed by atoms with Crippen LogP contribution in [0, 0.1) is 0 Å². The number of nitrogens with two attached hydrogens (primary N) is 2. The van der Waals surface area contributed by atoms with Crippen LogP contribution < -0.4 is 17.1 Å². The quantitative estimate of drug-likeness (QED) is 0.351. The van der Waals surface area contributed by atoms with E-state index >= 15 is 0 Å². The van der Waals surface area contributed by atoms with Gasteiger partial charge < -0.3 is 11.3 Å². The van der Waals surface area contributed by atoms with Crippen molar-refractivity contribution in [3.8, 4) is 0 Å². The highest BCUT2D eigenvalue weighted by Gasteiger charge is 1.96. The maximum Gasteiger partial charge on any atom is 0.0890 e. The molecule has 0 aliphatic rings. The minimum absolute atomic E-state index is 0.441. The van der Waals surface area contributed by atoms with E-state index in [1.54, 1.807) is 0 Å². The van der Waals surface area contributed by atoms with Crippen LogP contribution in [0.4, 0.5) is 5.69 Å². The molecule has 0 fully saturated rings. The van der Waals surface area contributed by atoms with E-state index in [1.807, 2.05) is 24.3 Å². The highest BCUT2D eigenvalue weighted by atomic mass is 15.3. The van der Waals surface area contributed by atoms with Crippen LogP contribution in [0.25, 0.3) is 0 Å². The zero-order valence-corrected chi connectivity index (χ0v) is 6.57. The molecule has 0 atom stereocenters. The summed E-state index contributed by atoms with van der Waals surface area (Å²) in [6.07, 6.45) is 0. The number of hydrogen-bond donors (Lipinski definition) is 3. The van der Waals surface area contributed by atoms with Crippen molar-refractivity contribution in [2.24, 2.45) is 22.0 Å². The van der Waals surface area contributed by atoms with Gasteiger partial charge in [-0.2, -0.15) is 5.11 Å². The van der Waals surface area contributed by atoms with Gasteiger partial charge in [-0.3, -0.25) is 5.84 Å². The van der Waals surface area contributed by atoms with Gasteiger partial charge in [0.1, 0.15) is 0 Å². The summed E-state index contributed by atoms with van der Waals surface area (Å²) in [7, 11) is 0. The lowest BCUT2D eigenvalue weighted by Crippen LogP contribution is -2.08. The van der Waals surface area contributed by atoms with Gasteiger partial charge in [0.2, 0.25) is 0 Å². The Hall–Kier alpha value is -1.62. The van der Waals surface area contributed by atoms with Crippen molar-refractivity contribution in [3.05, 3.63) is 29.8 Å². The summed E-state index contributed by atoms with van der Waals surface area (Å²) < 4.78 is 0. The minimum atomic E-state index is 0.441. The third-order valence-corrected chi connectivity index (χ3v) is 1.50. The largest absolute Gasteiger partial charge is 0.324 e. The fraction of sp³-hybridized carbons (Fsp3) is 0.143. The van der Waals surface area contributed by atoms with Crippen molar-refractivity contribution < 1.29 is 0 Å². The van der Waals surface area contributed by atoms with E-state index in [1.165, 1.54) is 0 Å². The summed E-state index contributed by atoms with van der Waals surface area (Å²) in [5, 5.41) is 6.82. The molecule has 0 saturated carbocycles. The van der Waals surface area contributed by atoms with Crippen LogP contribution in [0.3, 0.4) is 0 Å². The van der Waals surface area contributed by atoms with Gasteiger partial charge in [0.25, 0.3) is 0 Å². The number of rotatable bonds is 3. The lowest BCUT2D eigenvalue weighted by atomic mass is 10.2. The molecule has 1 aromatic rings. The normalized spacial score (nSPS) is 10.4. The molecule has 0 radical (unpaired) electrons. The average Bonchev–Trinajstić information content (AvgIpc) is 2.15. The highest BCUT2D eigenvalue weighted by molar-refractivity contribution is 5.49. The smallest absolute Gasteiger partial charge is 0.0890 e. The van der Waals surface area contributed by atoms with Crippen LogP contribution in [0.15, 0.2) is 34.6 Å². The van der Waals surface area contributed by atoms with Crippen LogP contribution in [0.5, 0.6) is 0 Å². The lowest BCUT2D eigenvalue weighted by Gasteiger charge is -2.04. The van der Waals surface area contributed by atoms with Crippen LogP contribution in [-0.2, 0) is 6.54 Å². The predicted molar refractivity (Wildman–Crippen MR) is 47.0 cm³/mol. The maximum atomic E-state index is 5.27. The minimum Gasteiger partial charge on any atom is -0.324 e. The van der Waals surface area contributed by atoms with E-state index in [2.05, 4.69) is 15.8 Å². The third kappa shape index (κ3) is 1.93. The van der Waals surface area contributed by atoms with E-state index in [9.17, 15) is 0 Å². The first-order valence-corrected chi connectivity index (χ1v) is 3.49. The highest BCUT2D eigenvalue weighted by Crippen LogP contribution is 2.13. The molecule has 1 aromatic carbocycles. The van der Waals surface area contributed by atoms with Gasteiger partial charge in [0.15, 0.2) is 0 Å². The van der Waals surface area contributed by atoms with E-state index in [-0.39, 0.29) is 0 Å².